The number of ether oxygens (including phenoxy) is 4. The van der Waals surface area contributed by atoms with Crippen molar-refractivity contribution in [2.24, 2.45) is 0 Å². The van der Waals surface area contributed by atoms with Gasteiger partial charge in [-0.25, -0.2) is 4.79 Å². The molecule has 0 saturated carbocycles. The largest absolute Gasteiger partial charge is 0.497 e. The molecular formula is C32H26N2O6S. The fraction of sp³-hybridized carbons (Fsp3) is 0.156. The number of carbonyl (C=O) groups is 1. The third-order valence-corrected chi connectivity index (χ3v) is 7.75. The fourth-order valence-electron chi connectivity index (χ4n) is 4.92. The molecular weight excluding hydrogens is 540 g/mol. The fourth-order valence-corrected chi connectivity index (χ4v) is 5.46. The van der Waals surface area contributed by atoms with Gasteiger partial charge < -0.3 is 24.1 Å². The van der Waals surface area contributed by atoms with Crippen LogP contribution in [0.25, 0.3) is 15.8 Å². The monoisotopic (exact) mass is 566 g/mol. The third-order valence-electron chi connectivity index (χ3n) is 7.05. The number of hydrogen-bond acceptors (Lipinski definition) is 9. The second-order valence-electron chi connectivity index (χ2n) is 9.50. The van der Waals surface area contributed by atoms with Crippen LogP contribution < -0.4 is 14.2 Å². The predicted octanol–water partition coefficient (Wildman–Crippen LogP) is 5.69. The van der Waals surface area contributed by atoms with E-state index < -0.39 is 11.8 Å². The Morgan fingerprint density at radius 2 is 1.68 bits per heavy atom. The number of methoxy groups -OCH3 is 2. The maximum Gasteiger partial charge on any atom is 0.342 e. The van der Waals surface area contributed by atoms with Gasteiger partial charge in [-0.2, -0.15) is 0 Å². The highest BCUT2D eigenvalue weighted by Crippen LogP contribution is 2.46. The Morgan fingerprint density at radius 3 is 2.44 bits per heavy atom. The molecule has 1 aromatic heterocycles. The van der Waals surface area contributed by atoms with Crippen LogP contribution in [0, 0.1) is 0 Å². The van der Waals surface area contributed by atoms with Crippen LogP contribution in [0.3, 0.4) is 0 Å². The molecule has 1 unspecified atom stereocenters. The zero-order chi connectivity index (χ0) is 28.4. The summed E-state index contributed by atoms with van der Waals surface area (Å²) in [5, 5.41) is 16.2. The van der Waals surface area contributed by atoms with Gasteiger partial charge in [0.2, 0.25) is 0 Å². The van der Waals surface area contributed by atoms with E-state index >= 15 is 0 Å². The molecule has 0 aliphatic carbocycles. The zero-order valence-electron chi connectivity index (χ0n) is 22.4. The minimum absolute atomic E-state index is 0.166. The van der Waals surface area contributed by atoms with Gasteiger partial charge in [0.05, 0.1) is 24.5 Å². The second kappa shape index (κ2) is 11.0. The van der Waals surface area contributed by atoms with Crippen LogP contribution in [0.4, 0.5) is 0 Å². The first kappa shape index (κ1) is 26.5. The van der Waals surface area contributed by atoms with Gasteiger partial charge in [0.15, 0.2) is 0 Å². The first-order valence-corrected chi connectivity index (χ1v) is 13.7. The zero-order valence-corrected chi connectivity index (χ0v) is 23.2. The molecule has 9 heteroatoms. The van der Waals surface area contributed by atoms with E-state index in [2.05, 4.69) is 9.59 Å². The Morgan fingerprint density at radius 1 is 0.902 bits per heavy atom. The average molecular weight is 567 g/mol. The van der Waals surface area contributed by atoms with Gasteiger partial charge in [0, 0.05) is 23.6 Å². The van der Waals surface area contributed by atoms with Crippen LogP contribution in [-0.4, -0.2) is 34.9 Å². The molecule has 206 valence electrons. The summed E-state index contributed by atoms with van der Waals surface area (Å²) >= 11 is 1.27. The topological polar surface area (TPSA) is 100 Å². The van der Waals surface area contributed by atoms with Crippen LogP contribution in [0.1, 0.15) is 22.3 Å². The number of hydrogen-bond donors (Lipinski definition) is 1. The number of carbonyl (C=O) groups excluding carboxylic acids is 1. The van der Waals surface area contributed by atoms with Crippen molar-refractivity contribution in [2.45, 2.75) is 18.8 Å². The summed E-state index contributed by atoms with van der Waals surface area (Å²) in [4.78, 5) is 13.4. The first-order chi connectivity index (χ1) is 20.0. The van der Waals surface area contributed by atoms with Gasteiger partial charge in [-0.15, -0.1) is 5.10 Å². The smallest absolute Gasteiger partial charge is 0.342 e. The molecule has 1 N–H and O–H groups in total. The summed E-state index contributed by atoms with van der Waals surface area (Å²) in [6.45, 7) is 0.409. The normalized spacial score (nSPS) is 16.6. The van der Waals surface area contributed by atoms with E-state index in [1.165, 1.54) is 11.5 Å². The summed E-state index contributed by atoms with van der Waals surface area (Å²) in [5.41, 5.74) is 4.07. The van der Waals surface area contributed by atoms with Crippen molar-refractivity contribution in [1.82, 2.24) is 9.59 Å². The van der Waals surface area contributed by atoms with Crippen LogP contribution in [0.2, 0.25) is 0 Å². The lowest BCUT2D eigenvalue weighted by molar-refractivity contribution is -0.185. The number of nitrogens with zero attached hydrogens (tertiary/aromatic N) is 2. The molecule has 6 rings (SSSR count). The van der Waals surface area contributed by atoms with E-state index in [-0.39, 0.29) is 12.0 Å². The molecule has 2 heterocycles. The molecule has 41 heavy (non-hydrogen) atoms. The van der Waals surface area contributed by atoms with Crippen LogP contribution in [0.15, 0.2) is 96.6 Å². The Hall–Kier alpha value is -4.73. The number of aliphatic hydroxyl groups is 1. The van der Waals surface area contributed by atoms with Gasteiger partial charge in [-0.3, -0.25) is 0 Å². The number of benzene rings is 4. The molecule has 0 radical (unpaired) electrons. The maximum absolute atomic E-state index is 13.4. The molecule has 0 amide bonds. The number of cyclic esters (lactones) is 1. The summed E-state index contributed by atoms with van der Waals surface area (Å²) in [7, 11) is 3.13. The Balaban J connectivity index is 1.41. The van der Waals surface area contributed by atoms with E-state index in [1.807, 2.05) is 54.6 Å². The number of aromatic nitrogens is 2. The van der Waals surface area contributed by atoms with Gasteiger partial charge in [0.1, 0.15) is 29.4 Å². The predicted molar refractivity (Wildman–Crippen MR) is 155 cm³/mol. The highest BCUT2D eigenvalue weighted by molar-refractivity contribution is 7.12. The summed E-state index contributed by atoms with van der Waals surface area (Å²) < 4.78 is 27.6. The highest BCUT2D eigenvalue weighted by atomic mass is 32.1. The van der Waals surface area contributed by atoms with Crippen molar-refractivity contribution < 1.29 is 28.8 Å². The summed E-state index contributed by atoms with van der Waals surface area (Å²) in [6.07, 6.45) is 0.166. The Bertz CT molecular complexity index is 1750. The van der Waals surface area contributed by atoms with Crippen LogP contribution in [-0.2, 0) is 28.3 Å². The molecule has 1 aliphatic rings. The molecule has 0 bridgehead atoms. The van der Waals surface area contributed by atoms with E-state index in [1.54, 1.807) is 50.6 Å². The quantitative estimate of drug-likeness (QED) is 0.227. The van der Waals surface area contributed by atoms with Gasteiger partial charge >= 0.3 is 5.97 Å². The van der Waals surface area contributed by atoms with E-state index in [4.69, 9.17) is 18.9 Å². The molecule has 1 aliphatic heterocycles. The molecule has 1 atom stereocenters. The summed E-state index contributed by atoms with van der Waals surface area (Å²) in [6, 6.07) is 27.6. The standard InChI is InChI=1S/C32H26N2O6S/c1-37-24-13-10-23(11-14-24)32(36)26(30(31(35)40-32)22-9-15-29-27(17-22)33-34-41-29)16-21-8-12-25(18-28(21)38-2)39-19-20-6-4-3-5-7-20/h3-15,17-18,36H,16,19H2,1-2H3. The molecule has 0 spiro atoms. The average Bonchev–Trinajstić information content (AvgIpc) is 3.58. The lowest BCUT2D eigenvalue weighted by Gasteiger charge is -2.26. The number of fused-ring (bicyclic) bond motifs is 1. The first-order valence-electron chi connectivity index (χ1n) is 12.9. The van der Waals surface area contributed by atoms with Crippen molar-refractivity contribution in [1.29, 1.82) is 0 Å². The molecule has 5 aromatic rings. The van der Waals surface area contributed by atoms with Crippen molar-refractivity contribution in [2.75, 3.05) is 14.2 Å². The minimum atomic E-state index is -2.01. The minimum Gasteiger partial charge on any atom is -0.497 e. The lowest BCUT2D eigenvalue weighted by Crippen LogP contribution is -2.29. The molecule has 0 saturated heterocycles. The van der Waals surface area contributed by atoms with Crippen LogP contribution >= 0.6 is 11.5 Å². The van der Waals surface area contributed by atoms with Crippen molar-refractivity contribution >= 4 is 33.3 Å². The lowest BCUT2D eigenvalue weighted by atomic mass is 9.87. The van der Waals surface area contributed by atoms with Crippen molar-refractivity contribution in [3.8, 4) is 17.2 Å². The van der Waals surface area contributed by atoms with Gasteiger partial charge in [0.25, 0.3) is 5.79 Å². The van der Waals surface area contributed by atoms with Gasteiger partial charge in [-0.05, 0) is 70.7 Å². The maximum atomic E-state index is 13.4. The van der Waals surface area contributed by atoms with Crippen LogP contribution in [0.5, 0.6) is 17.2 Å². The SMILES string of the molecule is COc1ccc(C2(O)OC(=O)C(c3ccc4snnc4c3)=C2Cc2ccc(OCc3ccccc3)cc2OC)cc1. The Labute approximate surface area is 240 Å². The number of esters is 1. The number of rotatable bonds is 9. The Kier molecular flexibility index (Phi) is 7.13. The third kappa shape index (κ3) is 5.13. The van der Waals surface area contributed by atoms with E-state index in [0.717, 1.165) is 15.8 Å². The van der Waals surface area contributed by atoms with Gasteiger partial charge in [-0.1, -0.05) is 47.0 Å². The van der Waals surface area contributed by atoms with E-state index in [0.29, 0.717) is 46.1 Å². The van der Waals surface area contributed by atoms with Crippen molar-refractivity contribution in [3.63, 3.8) is 0 Å². The highest BCUT2D eigenvalue weighted by Gasteiger charge is 2.48. The molecule has 0 fully saturated rings. The summed E-state index contributed by atoms with van der Waals surface area (Å²) in [5.74, 6) is -0.849. The van der Waals surface area contributed by atoms with Crippen molar-refractivity contribution in [3.05, 3.63) is 119 Å². The molecule has 8 nitrogen and oxygen atoms in total. The second-order valence-corrected chi connectivity index (χ2v) is 10.3. The molecule has 4 aromatic carbocycles. The van der Waals surface area contributed by atoms with E-state index in [9.17, 15) is 9.90 Å².